The summed E-state index contributed by atoms with van der Waals surface area (Å²) in [5, 5.41) is 0. The molecule has 0 saturated heterocycles. The molecule has 4 heteroatoms. The van der Waals surface area contributed by atoms with Crippen LogP contribution >= 0.6 is 0 Å². The number of rotatable bonds is 7. The molecule has 0 bridgehead atoms. The highest BCUT2D eigenvalue weighted by molar-refractivity contribution is 5.81. The zero-order chi connectivity index (χ0) is 11.8. The molecule has 0 spiro atoms. The summed E-state index contributed by atoms with van der Waals surface area (Å²) >= 11 is 0. The van der Waals surface area contributed by atoms with Gasteiger partial charge in [0.05, 0.1) is 0 Å². The Morgan fingerprint density at radius 3 is 2.40 bits per heavy atom. The van der Waals surface area contributed by atoms with Crippen molar-refractivity contribution in [3.63, 3.8) is 0 Å². The van der Waals surface area contributed by atoms with E-state index < -0.39 is 6.10 Å². The molecule has 4 nitrogen and oxygen atoms in total. The van der Waals surface area contributed by atoms with Crippen molar-refractivity contribution in [2.45, 2.75) is 33.3 Å². The number of carbonyl (C=O) groups is 1. The molecule has 0 aliphatic rings. The van der Waals surface area contributed by atoms with Gasteiger partial charge in [0, 0.05) is 26.7 Å². The van der Waals surface area contributed by atoms with Crippen LogP contribution in [0.4, 0.5) is 0 Å². The standard InChI is InChI=1S/C11H24N2O2/c1-5-9(3)8-13(6-2)11(14)10(7-12)15-4/h9-10H,5-8,12H2,1-4H3. The molecule has 0 aromatic heterocycles. The van der Waals surface area contributed by atoms with Crippen molar-refractivity contribution < 1.29 is 9.53 Å². The van der Waals surface area contributed by atoms with E-state index in [2.05, 4.69) is 13.8 Å². The summed E-state index contributed by atoms with van der Waals surface area (Å²) in [5.74, 6) is 0.520. The first-order valence-electron chi connectivity index (χ1n) is 5.62. The van der Waals surface area contributed by atoms with E-state index in [0.717, 1.165) is 13.0 Å². The van der Waals surface area contributed by atoms with Gasteiger partial charge in [-0.15, -0.1) is 0 Å². The minimum Gasteiger partial charge on any atom is -0.370 e. The number of likely N-dealkylation sites (N-methyl/N-ethyl adjacent to an activating group) is 1. The number of carbonyl (C=O) groups excluding carboxylic acids is 1. The van der Waals surface area contributed by atoms with Crippen LogP contribution in [0.25, 0.3) is 0 Å². The second-order valence-corrected chi connectivity index (χ2v) is 3.85. The number of ether oxygens (including phenoxy) is 1. The van der Waals surface area contributed by atoms with Gasteiger partial charge in [0.1, 0.15) is 6.10 Å². The lowest BCUT2D eigenvalue weighted by molar-refractivity contribution is -0.141. The summed E-state index contributed by atoms with van der Waals surface area (Å²) in [7, 11) is 1.52. The summed E-state index contributed by atoms with van der Waals surface area (Å²) in [6, 6.07) is 0. The largest absolute Gasteiger partial charge is 0.370 e. The SMILES string of the molecule is CCC(C)CN(CC)C(=O)C(CN)OC. The molecular weight excluding hydrogens is 192 g/mol. The van der Waals surface area contributed by atoms with Crippen molar-refractivity contribution in [1.82, 2.24) is 4.90 Å². The average molecular weight is 216 g/mol. The predicted molar refractivity (Wildman–Crippen MR) is 61.6 cm³/mol. The Balaban J connectivity index is 4.32. The molecule has 0 saturated carbocycles. The summed E-state index contributed by atoms with van der Waals surface area (Å²) in [6.45, 7) is 7.98. The van der Waals surface area contributed by atoms with E-state index in [0.29, 0.717) is 12.5 Å². The Hall–Kier alpha value is -0.610. The molecule has 15 heavy (non-hydrogen) atoms. The molecule has 0 rings (SSSR count). The van der Waals surface area contributed by atoms with Gasteiger partial charge in [-0.1, -0.05) is 20.3 Å². The van der Waals surface area contributed by atoms with Gasteiger partial charge in [-0.3, -0.25) is 4.79 Å². The first kappa shape index (κ1) is 14.4. The van der Waals surface area contributed by atoms with Crippen molar-refractivity contribution >= 4 is 5.91 Å². The Kier molecular flexibility index (Phi) is 7.34. The third-order valence-corrected chi connectivity index (χ3v) is 2.70. The lowest BCUT2D eigenvalue weighted by Gasteiger charge is -2.27. The topological polar surface area (TPSA) is 55.6 Å². The van der Waals surface area contributed by atoms with Crippen LogP contribution in [0.3, 0.4) is 0 Å². The lowest BCUT2D eigenvalue weighted by atomic mass is 10.1. The van der Waals surface area contributed by atoms with E-state index in [-0.39, 0.29) is 12.5 Å². The molecule has 2 unspecified atom stereocenters. The quantitative estimate of drug-likeness (QED) is 0.686. The zero-order valence-corrected chi connectivity index (χ0v) is 10.3. The molecule has 0 aliphatic heterocycles. The second-order valence-electron chi connectivity index (χ2n) is 3.85. The number of hydrogen-bond donors (Lipinski definition) is 1. The maximum absolute atomic E-state index is 11.9. The summed E-state index contributed by atoms with van der Waals surface area (Å²) in [5.41, 5.74) is 5.47. The van der Waals surface area contributed by atoms with Gasteiger partial charge < -0.3 is 15.4 Å². The van der Waals surface area contributed by atoms with E-state index in [1.54, 1.807) is 0 Å². The Morgan fingerprint density at radius 1 is 1.47 bits per heavy atom. The third kappa shape index (κ3) is 4.62. The number of nitrogens with zero attached hydrogens (tertiary/aromatic N) is 1. The fourth-order valence-corrected chi connectivity index (χ4v) is 1.38. The normalized spacial score (nSPS) is 14.7. The molecule has 0 aliphatic carbocycles. The molecule has 2 atom stereocenters. The molecule has 0 aromatic rings. The van der Waals surface area contributed by atoms with Crippen LogP contribution in [-0.2, 0) is 9.53 Å². The maximum Gasteiger partial charge on any atom is 0.253 e. The van der Waals surface area contributed by atoms with Crippen molar-refractivity contribution in [2.24, 2.45) is 11.7 Å². The van der Waals surface area contributed by atoms with Crippen LogP contribution in [0.5, 0.6) is 0 Å². The number of amides is 1. The van der Waals surface area contributed by atoms with Crippen LogP contribution < -0.4 is 5.73 Å². The Morgan fingerprint density at radius 2 is 2.07 bits per heavy atom. The highest BCUT2D eigenvalue weighted by Crippen LogP contribution is 2.06. The van der Waals surface area contributed by atoms with Gasteiger partial charge in [0.2, 0.25) is 0 Å². The third-order valence-electron chi connectivity index (χ3n) is 2.70. The van der Waals surface area contributed by atoms with E-state index >= 15 is 0 Å². The first-order chi connectivity index (χ1) is 7.10. The molecular formula is C11H24N2O2. The maximum atomic E-state index is 11.9. The molecule has 0 heterocycles. The van der Waals surface area contributed by atoms with E-state index in [1.807, 2.05) is 11.8 Å². The lowest BCUT2D eigenvalue weighted by Crippen LogP contribution is -2.45. The Bertz CT molecular complexity index is 181. The van der Waals surface area contributed by atoms with Crippen LogP contribution in [0.15, 0.2) is 0 Å². The van der Waals surface area contributed by atoms with Crippen LogP contribution in [-0.4, -0.2) is 43.7 Å². The molecule has 0 fully saturated rings. The molecule has 0 aromatic carbocycles. The summed E-state index contributed by atoms with van der Waals surface area (Å²) in [6.07, 6.45) is 0.582. The van der Waals surface area contributed by atoms with Crippen molar-refractivity contribution in [3.05, 3.63) is 0 Å². The second kappa shape index (κ2) is 7.65. The minimum atomic E-state index is -0.492. The van der Waals surface area contributed by atoms with Crippen molar-refractivity contribution in [2.75, 3.05) is 26.7 Å². The van der Waals surface area contributed by atoms with Crippen LogP contribution in [0.2, 0.25) is 0 Å². The van der Waals surface area contributed by atoms with Crippen LogP contribution in [0, 0.1) is 5.92 Å². The highest BCUT2D eigenvalue weighted by Gasteiger charge is 2.22. The van der Waals surface area contributed by atoms with E-state index in [4.69, 9.17) is 10.5 Å². The van der Waals surface area contributed by atoms with Crippen molar-refractivity contribution in [3.8, 4) is 0 Å². The van der Waals surface area contributed by atoms with Crippen LogP contribution in [0.1, 0.15) is 27.2 Å². The van der Waals surface area contributed by atoms with Gasteiger partial charge >= 0.3 is 0 Å². The predicted octanol–water partition coefficient (Wildman–Crippen LogP) is 0.855. The monoisotopic (exact) mass is 216 g/mol. The van der Waals surface area contributed by atoms with E-state index in [1.165, 1.54) is 7.11 Å². The highest BCUT2D eigenvalue weighted by atomic mass is 16.5. The molecule has 1 amide bonds. The number of methoxy groups -OCH3 is 1. The van der Waals surface area contributed by atoms with Gasteiger partial charge in [0.25, 0.3) is 5.91 Å². The molecule has 0 radical (unpaired) electrons. The minimum absolute atomic E-state index is 0.00259. The molecule has 2 N–H and O–H groups in total. The zero-order valence-electron chi connectivity index (χ0n) is 10.3. The number of nitrogens with two attached hydrogens (primary N) is 1. The summed E-state index contributed by atoms with van der Waals surface area (Å²) < 4.78 is 5.04. The average Bonchev–Trinajstić information content (AvgIpc) is 2.26. The van der Waals surface area contributed by atoms with Gasteiger partial charge in [-0.05, 0) is 12.8 Å². The first-order valence-corrected chi connectivity index (χ1v) is 5.62. The Labute approximate surface area is 92.8 Å². The van der Waals surface area contributed by atoms with Gasteiger partial charge in [0.15, 0.2) is 0 Å². The van der Waals surface area contributed by atoms with Crippen molar-refractivity contribution in [1.29, 1.82) is 0 Å². The summed E-state index contributed by atoms with van der Waals surface area (Å²) in [4.78, 5) is 13.7. The fourth-order valence-electron chi connectivity index (χ4n) is 1.38. The van der Waals surface area contributed by atoms with Gasteiger partial charge in [-0.2, -0.15) is 0 Å². The fraction of sp³-hybridized carbons (Fsp3) is 0.909. The number of hydrogen-bond acceptors (Lipinski definition) is 3. The smallest absolute Gasteiger partial charge is 0.253 e. The molecule has 90 valence electrons. The van der Waals surface area contributed by atoms with Gasteiger partial charge in [-0.25, -0.2) is 0 Å². The van der Waals surface area contributed by atoms with E-state index in [9.17, 15) is 4.79 Å².